The maximum atomic E-state index is 13.7. The number of benzene rings is 3. The molecule has 5 rings (SSSR count). The van der Waals surface area contributed by atoms with Gasteiger partial charge in [-0.15, -0.1) is 0 Å². The fraction of sp³-hybridized carbons (Fsp3) is 0.400. The van der Waals surface area contributed by atoms with Crippen LogP contribution in [0.2, 0.25) is 10.0 Å². The lowest BCUT2D eigenvalue weighted by molar-refractivity contribution is -0.136. The molecule has 0 radical (unpaired) electrons. The Kier molecular flexibility index (Phi) is 10.9. The predicted molar refractivity (Wildman–Crippen MR) is 180 cm³/mol. The van der Waals surface area contributed by atoms with Gasteiger partial charge < -0.3 is 30.9 Å². The Balaban J connectivity index is 1.18. The second-order valence-electron chi connectivity index (χ2n) is 12.4. The molecular formula is C35H41Cl2N5O4. The number of piperidine rings is 1. The molecule has 9 nitrogen and oxygen atoms in total. The monoisotopic (exact) mass is 665 g/mol. The first-order chi connectivity index (χ1) is 22.0. The van der Waals surface area contributed by atoms with Crippen LogP contribution >= 0.6 is 23.2 Å². The lowest BCUT2D eigenvalue weighted by Gasteiger charge is -2.42. The normalized spacial score (nSPS) is 18.0. The van der Waals surface area contributed by atoms with Crippen LogP contribution in [-0.4, -0.2) is 88.9 Å². The first-order valence-corrected chi connectivity index (χ1v) is 16.4. The quantitative estimate of drug-likeness (QED) is 0.326. The summed E-state index contributed by atoms with van der Waals surface area (Å²) in [4.78, 5) is 45.6. The van der Waals surface area contributed by atoms with E-state index in [-0.39, 0.29) is 42.1 Å². The standard InChI is InChI=1S/C35H41Cl2N5O4/c1-22-15-23(2)17-26(16-22)34(45)41-13-14-42(32(21-41)25-5-8-29(36)30(37)19-25)33(44)20-39-27-9-11-40(12-10-27)35(46)31(38)18-24-3-6-28(43)7-4-24/h3-8,15-17,19,27,31-32,39,43H,9-14,18,20-21,38H2,1-2H3/t31-,32-/m0/s1. The molecule has 2 fully saturated rings. The SMILES string of the molecule is Cc1cc(C)cc(C(=O)N2CCN(C(=O)CNC3CCN(C(=O)[C@@H](N)Cc4ccc(O)cc4)CC3)[C@H](c3ccc(Cl)c(Cl)c3)C2)c1. The van der Waals surface area contributed by atoms with Gasteiger partial charge in [-0.05, 0) is 80.6 Å². The van der Waals surface area contributed by atoms with Crippen LogP contribution in [0.25, 0.3) is 0 Å². The smallest absolute Gasteiger partial charge is 0.254 e. The van der Waals surface area contributed by atoms with E-state index >= 15 is 0 Å². The topological polar surface area (TPSA) is 119 Å². The lowest BCUT2D eigenvalue weighted by atomic mass is 10.00. The summed E-state index contributed by atoms with van der Waals surface area (Å²) in [6, 6.07) is 16.9. The van der Waals surface area contributed by atoms with Crippen molar-refractivity contribution in [2.75, 3.05) is 39.3 Å². The number of likely N-dealkylation sites (tertiary alicyclic amines) is 1. The van der Waals surface area contributed by atoms with Gasteiger partial charge in [-0.25, -0.2) is 0 Å². The molecule has 0 saturated carbocycles. The number of carbonyl (C=O) groups is 3. The lowest BCUT2D eigenvalue weighted by Crippen LogP contribution is -2.55. The van der Waals surface area contributed by atoms with Crippen molar-refractivity contribution in [2.24, 2.45) is 5.73 Å². The summed E-state index contributed by atoms with van der Waals surface area (Å²) in [5.41, 5.74) is 10.6. The number of halogens is 2. The Morgan fingerprint density at radius 3 is 2.22 bits per heavy atom. The molecule has 0 spiro atoms. The molecule has 3 aromatic carbocycles. The van der Waals surface area contributed by atoms with E-state index < -0.39 is 6.04 Å². The average molecular weight is 667 g/mol. The zero-order chi connectivity index (χ0) is 33.0. The molecule has 244 valence electrons. The van der Waals surface area contributed by atoms with Crippen molar-refractivity contribution in [3.63, 3.8) is 0 Å². The number of carbonyl (C=O) groups excluding carboxylic acids is 3. The number of phenols is 1. The number of phenolic OH excluding ortho intramolecular Hbond substituents is 1. The molecule has 3 amide bonds. The first-order valence-electron chi connectivity index (χ1n) is 15.7. The highest BCUT2D eigenvalue weighted by Crippen LogP contribution is 2.31. The van der Waals surface area contributed by atoms with E-state index in [4.69, 9.17) is 28.9 Å². The van der Waals surface area contributed by atoms with Crippen molar-refractivity contribution in [2.45, 2.75) is 51.2 Å². The van der Waals surface area contributed by atoms with Crippen LogP contribution < -0.4 is 11.1 Å². The van der Waals surface area contributed by atoms with Crippen LogP contribution in [-0.2, 0) is 16.0 Å². The van der Waals surface area contributed by atoms with Crippen molar-refractivity contribution < 1.29 is 19.5 Å². The van der Waals surface area contributed by atoms with E-state index in [0.29, 0.717) is 67.6 Å². The summed E-state index contributed by atoms with van der Waals surface area (Å²) in [5.74, 6) is -0.0531. The Labute approximate surface area is 280 Å². The zero-order valence-corrected chi connectivity index (χ0v) is 27.7. The summed E-state index contributed by atoms with van der Waals surface area (Å²) >= 11 is 12.6. The molecule has 2 heterocycles. The second-order valence-corrected chi connectivity index (χ2v) is 13.2. The minimum absolute atomic E-state index is 0.0637. The predicted octanol–water partition coefficient (Wildman–Crippen LogP) is 4.49. The summed E-state index contributed by atoms with van der Waals surface area (Å²) in [6.07, 6.45) is 1.81. The van der Waals surface area contributed by atoms with E-state index in [0.717, 1.165) is 22.3 Å². The van der Waals surface area contributed by atoms with Crippen molar-refractivity contribution in [1.29, 1.82) is 0 Å². The van der Waals surface area contributed by atoms with E-state index in [2.05, 4.69) is 5.32 Å². The van der Waals surface area contributed by atoms with Crippen LogP contribution in [0.15, 0.2) is 60.7 Å². The number of aryl methyl sites for hydroxylation is 2. The Morgan fingerprint density at radius 1 is 0.891 bits per heavy atom. The van der Waals surface area contributed by atoms with Gasteiger partial charge in [0.05, 0.1) is 28.7 Å². The van der Waals surface area contributed by atoms with Gasteiger partial charge >= 0.3 is 0 Å². The molecule has 2 atom stereocenters. The molecule has 3 aromatic rings. The highest BCUT2D eigenvalue weighted by Gasteiger charge is 2.35. The van der Waals surface area contributed by atoms with Gasteiger partial charge in [0.2, 0.25) is 11.8 Å². The van der Waals surface area contributed by atoms with Crippen LogP contribution in [0.5, 0.6) is 5.75 Å². The molecule has 0 unspecified atom stereocenters. The molecular weight excluding hydrogens is 625 g/mol. The Bertz CT molecular complexity index is 1560. The highest BCUT2D eigenvalue weighted by atomic mass is 35.5. The van der Waals surface area contributed by atoms with Gasteiger partial charge in [0.15, 0.2) is 0 Å². The molecule has 2 aliphatic heterocycles. The van der Waals surface area contributed by atoms with E-state index in [1.807, 2.05) is 43.0 Å². The minimum atomic E-state index is -0.658. The maximum absolute atomic E-state index is 13.7. The summed E-state index contributed by atoms with van der Waals surface area (Å²) in [5, 5.41) is 13.7. The van der Waals surface area contributed by atoms with Crippen LogP contribution in [0.3, 0.4) is 0 Å². The van der Waals surface area contributed by atoms with Gasteiger partial charge in [0.25, 0.3) is 5.91 Å². The molecule has 46 heavy (non-hydrogen) atoms. The number of nitrogens with one attached hydrogen (secondary N) is 1. The van der Waals surface area contributed by atoms with Crippen molar-refractivity contribution in [3.05, 3.63) is 98.5 Å². The van der Waals surface area contributed by atoms with Crippen molar-refractivity contribution >= 4 is 40.9 Å². The summed E-state index contributed by atoms with van der Waals surface area (Å²) in [7, 11) is 0. The van der Waals surface area contributed by atoms with Crippen molar-refractivity contribution in [1.82, 2.24) is 20.0 Å². The number of hydrogen-bond acceptors (Lipinski definition) is 6. The number of amides is 3. The molecule has 0 bridgehead atoms. The van der Waals surface area contributed by atoms with E-state index in [1.165, 1.54) is 0 Å². The van der Waals surface area contributed by atoms with Gasteiger partial charge in [0.1, 0.15) is 5.75 Å². The summed E-state index contributed by atoms with van der Waals surface area (Å²) in [6.45, 7) is 6.33. The molecule has 2 saturated heterocycles. The highest BCUT2D eigenvalue weighted by molar-refractivity contribution is 6.42. The average Bonchev–Trinajstić information content (AvgIpc) is 3.04. The molecule has 11 heteroatoms. The third kappa shape index (κ3) is 8.20. The fourth-order valence-corrected chi connectivity index (χ4v) is 6.70. The third-order valence-corrected chi connectivity index (χ3v) is 9.58. The van der Waals surface area contributed by atoms with E-state index in [9.17, 15) is 19.5 Å². The first kappa shape index (κ1) is 33.7. The van der Waals surface area contributed by atoms with E-state index in [1.54, 1.807) is 46.2 Å². The molecule has 0 aliphatic carbocycles. The van der Waals surface area contributed by atoms with Crippen molar-refractivity contribution in [3.8, 4) is 5.75 Å². The number of piperazine rings is 1. The van der Waals surface area contributed by atoms with Crippen LogP contribution in [0, 0.1) is 13.8 Å². The second kappa shape index (κ2) is 14.9. The zero-order valence-electron chi connectivity index (χ0n) is 26.2. The molecule has 0 aromatic heterocycles. The third-order valence-electron chi connectivity index (χ3n) is 8.84. The largest absolute Gasteiger partial charge is 0.508 e. The van der Waals surface area contributed by atoms with Gasteiger partial charge in [-0.3, -0.25) is 14.4 Å². The number of rotatable bonds is 8. The fourth-order valence-electron chi connectivity index (χ4n) is 6.40. The molecule has 4 N–H and O–H groups in total. The number of nitrogens with zero attached hydrogens (tertiary/aromatic N) is 3. The van der Waals surface area contributed by atoms with Gasteiger partial charge in [0, 0.05) is 44.3 Å². The molecule has 2 aliphatic rings. The van der Waals surface area contributed by atoms with Crippen LogP contribution in [0.4, 0.5) is 0 Å². The van der Waals surface area contributed by atoms with Gasteiger partial charge in [-0.1, -0.05) is 58.6 Å². The Morgan fingerprint density at radius 2 is 1.57 bits per heavy atom. The maximum Gasteiger partial charge on any atom is 0.254 e. The van der Waals surface area contributed by atoms with Crippen LogP contribution in [0.1, 0.15) is 51.5 Å². The minimum Gasteiger partial charge on any atom is -0.508 e. The number of nitrogens with two attached hydrogens (primary N) is 1. The summed E-state index contributed by atoms with van der Waals surface area (Å²) < 4.78 is 0. The number of aromatic hydroxyl groups is 1. The van der Waals surface area contributed by atoms with Gasteiger partial charge in [-0.2, -0.15) is 0 Å². The number of hydrogen-bond donors (Lipinski definition) is 3. The Hall–Kier alpha value is -3.63.